The van der Waals surface area contributed by atoms with E-state index in [4.69, 9.17) is 20.4 Å². The molecule has 20 heavy (non-hydrogen) atoms. The highest BCUT2D eigenvalue weighted by Crippen LogP contribution is 2.14. The van der Waals surface area contributed by atoms with Crippen LogP contribution in [0, 0.1) is 0 Å². The van der Waals surface area contributed by atoms with Gasteiger partial charge in [0.25, 0.3) is 0 Å². The van der Waals surface area contributed by atoms with Gasteiger partial charge in [-0.05, 0) is 23.8 Å². The van der Waals surface area contributed by atoms with Crippen LogP contribution in [0.25, 0.3) is 0 Å². The van der Waals surface area contributed by atoms with Crippen LogP contribution in [-0.4, -0.2) is 28.1 Å². The highest BCUT2D eigenvalue weighted by Gasteiger charge is 2.05. The normalized spacial score (nSPS) is 11.2. The van der Waals surface area contributed by atoms with Gasteiger partial charge in [0.1, 0.15) is 18.1 Å². The monoisotopic (exact) mass is 274 g/mol. The van der Waals surface area contributed by atoms with Crippen LogP contribution in [0.15, 0.2) is 41.7 Å². The van der Waals surface area contributed by atoms with Crippen LogP contribution in [0.5, 0.6) is 11.8 Å². The van der Waals surface area contributed by atoms with Crippen molar-refractivity contribution in [2.45, 2.75) is 6.61 Å². The molecular formula is C13H14N4O3. The van der Waals surface area contributed by atoms with Gasteiger partial charge in [-0.2, -0.15) is 4.98 Å². The SMILES string of the molecule is COc1cccc(COc2nccc(/C(N)=N/O)n2)c1. The smallest absolute Gasteiger partial charge is 0.317 e. The predicted molar refractivity (Wildman–Crippen MR) is 71.9 cm³/mol. The summed E-state index contributed by atoms with van der Waals surface area (Å²) in [5.41, 5.74) is 6.66. The Labute approximate surface area is 115 Å². The van der Waals surface area contributed by atoms with Crippen molar-refractivity contribution >= 4 is 5.84 Å². The first-order valence-electron chi connectivity index (χ1n) is 5.79. The number of aromatic nitrogens is 2. The summed E-state index contributed by atoms with van der Waals surface area (Å²) in [6.07, 6.45) is 1.47. The zero-order valence-corrected chi connectivity index (χ0v) is 10.9. The van der Waals surface area contributed by atoms with Gasteiger partial charge in [-0.25, -0.2) is 4.98 Å². The summed E-state index contributed by atoms with van der Waals surface area (Å²) in [5.74, 6) is 0.649. The first kappa shape index (κ1) is 13.6. The van der Waals surface area contributed by atoms with Gasteiger partial charge in [0.05, 0.1) is 7.11 Å². The molecule has 0 aliphatic carbocycles. The summed E-state index contributed by atoms with van der Waals surface area (Å²) in [5, 5.41) is 11.5. The highest BCUT2D eigenvalue weighted by atomic mass is 16.5. The Morgan fingerprint density at radius 1 is 1.40 bits per heavy atom. The molecule has 0 atom stereocenters. The molecule has 2 aromatic rings. The molecule has 0 fully saturated rings. The van der Waals surface area contributed by atoms with Gasteiger partial charge in [-0.15, -0.1) is 0 Å². The van der Waals surface area contributed by atoms with E-state index >= 15 is 0 Å². The predicted octanol–water partition coefficient (Wildman–Crippen LogP) is 1.16. The summed E-state index contributed by atoms with van der Waals surface area (Å²) in [6.45, 7) is 0.289. The fourth-order valence-corrected chi connectivity index (χ4v) is 1.51. The van der Waals surface area contributed by atoms with Gasteiger partial charge in [-0.3, -0.25) is 0 Å². The summed E-state index contributed by atoms with van der Waals surface area (Å²) in [7, 11) is 1.60. The molecule has 104 valence electrons. The van der Waals surface area contributed by atoms with E-state index in [0.717, 1.165) is 11.3 Å². The van der Waals surface area contributed by atoms with Crippen LogP contribution in [-0.2, 0) is 6.61 Å². The topological polar surface area (TPSA) is 103 Å². The molecule has 1 aromatic carbocycles. The van der Waals surface area contributed by atoms with Crippen molar-refractivity contribution in [3.63, 3.8) is 0 Å². The molecule has 0 aliphatic heterocycles. The van der Waals surface area contributed by atoms with E-state index in [1.165, 1.54) is 12.3 Å². The summed E-state index contributed by atoms with van der Waals surface area (Å²) < 4.78 is 10.6. The highest BCUT2D eigenvalue weighted by molar-refractivity contribution is 5.95. The zero-order valence-electron chi connectivity index (χ0n) is 10.9. The van der Waals surface area contributed by atoms with Crippen molar-refractivity contribution in [3.8, 4) is 11.8 Å². The number of oxime groups is 1. The van der Waals surface area contributed by atoms with Gasteiger partial charge in [-0.1, -0.05) is 17.3 Å². The molecule has 0 aliphatic rings. The number of hydrogen-bond acceptors (Lipinski definition) is 6. The van der Waals surface area contributed by atoms with E-state index in [1.54, 1.807) is 7.11 Å². The average Bonchev–Trinajstić information content (AvgIpc) is 2.52. The maximum absolute atomic E-state index is 8.59. The lowest BCUT2D eigenvalue weighted by atomic mass is 10.2. The molecule has 7 nitrogen and oxygen atoms in total. The van der Waals surface area contributed by atoms with E-state index < -0.39 is 0 Å². The first-order chi connectivity index (χ1) is 9.72. The minimum absolute atomic E-state index is 0.0985. The second kappa shape index (κ2) is 6.37. The third-order valence-electron chi connectivity index (χ3n) is 2.51. The Bertz CT molecular complexity index is 616. The molecule has 0 bridgehead atoms. The van der Waals surface area contributed by atoms with Crippen LogP contribution >= 0.6 is 0 Å². The number of methoxy groups -OCH3 is 1. The number of hydrogen-bond donors (Lipinski definition) is 2. The van der Waals surface area contributed by atoms with Crippen molar-refractivity contribution in [2.24, 2.45) is 10.9 Å². The lowest BCUT2D eigenvalue weighted by molar-refractivity contribution is 0.279. The van der Waals surface area contributed by atoms with Crippen LogP contribution < -0.4 is 15.2 Å². The van der Waals surface area contributed by atoms with Crippen LogP contribution in [0.1, 0.15) is 11.3 Å². The number of benzene rings is 1. The van der Waals surface area contributed by atoms with E-state index in [2.05, 4.69) is 15.1 Å². The van der Waals surface area contributed by atoms with Crippen LogP contribution in [0.3, 0.4) is 0 Å². The quantitative estimate of drug-likeness (QED) is 0.367. The molecule has 0 saturated carbocycles. The Hall–Kier alpha value is -2.83. The summed E-state index contributed by atoms with van der Waals surface area (Å²) >= 11 is 0. The number of ether oxygens (including phenoxy) is 2. The second-order valence-electron chi connectivity index (χ2n) is 3.85. The average molecular weight is 274 g/mol. The minimum Gasteiger partial charge on any atom is -0.497 e. The third-order valence-corrected chi connectivity index (χ3v) is 2.51. The van der Waals surface area contributed by atoms with Gasteiger partial charge in [0, 0.05) is 6.20 Å². The largest absolute Gasteiger partial charge is 0.497 e. The second-order valence-corrected chi connectivity index (χ2v) is 3.85. The fraction of sp³-hybridized carbons (Fsp3) is 0.154. The Kier molecular flexibility index (Phi) is 4.33. The summed E-state index contributed by atoms with van der Waals surface area (Å²) in [6, 6.07) is 9.14. The summed E-state index contributed by atoms with van der Waals surface area (Å²) in [4.78, 5) is 7.98. The maximum atomic E-state index is 8.59. The molecule has 1 heterocycles. The van der Waals surface area contributed by atoms with Crippen LogP contribution in [0.2, 0.25) is 0 Å². The fourth-order valence-electron chi connectivity index (χ4n) is 1.51. The Morgan fingerprint density at radius 2 is 2.25 bits per heavy atom. The Balaban J connectivity index is 2.07. The van der Waals surface area contributed by atoms with Gasteiger partial charge >= 0.3 is 6.01 Å². The number of amidine groups is 1. The van der Waals surface area contributed by atoms with Crippen LogP contribution in [0.4, 0.5) is 0 Å². The van der Waals surface area contributed by atoms with Gasteiger partial charge in [0.2, 0.25) is 0 Å². The van der Waals surface area contributed by atoms with E-state index in [9.17, 15) is 0 Å². The van der Waals surface area contributed by atoms with E-state index in [0.29, 0.717) is 5.69 Å². The molecule has 3 N–H and O–H groups in total. The number of rotatable bonds is 5. The lowest BCUT2D eigenvalue weighted by Gasteiger charge is -2.06. The van der Waals surface area contributed by atoms with E-state index in [1.807, 2.05) is 24.3 Å². The standard InChI is InChI=1S/C13H14N4O3/c1-19-10-4-2-3-9(7-10)8-20-13-15-6-5-11(16-13)12(14)17-18/h2-7,18H,8H2,1H3,(H2,14,17). The van der Waals surface area contributed by atoms with Crippen molar-refractivity contribution in [1.29, 1.82) is 0 Å². The minimum atomic E-state index is -0.0985. The van der Waals surface area contributed by atoms with Crippen molar-refractivity contribution in [3.05, 3.63) is 47.8 Å². The van der Waals surface area contributed by atoms with E-state index in [-0.39, 0.29) is 18.5 Å². The number of nitrogens with zero attached hydrogens (tertiary/aromatic N) is 3. The molecule has 0 radical (unpaired) electrons. The lowest BCUT2D eigenvalue weighted by Crippen LogP contribution is -2.15. The molecule has 0 unspecified atom stereocenters. The molecule has 0 saturated heterocycles. The molecule has 0 amide bonds. The number of nitrogens with two attached hydrogens (primary N) is 1. The van der Waals surface area contributed by atoms with Crippen molar-refractivity contribution in [2.75, 3.05) is 7.11 Å². The van der Waals surface area contributed by atoms with Gasteiger partial charge < -0.3 is 20.4 Å². The van der Waals surface area contributed by atoms with Gasteiger partial charge in [0.15, 0.2) is 5.84 Å². The zero-order chi connectivity index (χ0) is 14.4. The van der Waals surface area contributed by atoms with Crippen molar-refractivity contribution in [1.82, 2.24) is 9.97 Å². The van der Waals surface area contributed by atoms with Crippen molar-refractivity contribution < 1.29 is 14.7 Å². The molecular weight excluding hydrogens is 260 g/mol. The Morgan fingerprint density at radius 3 is 3.00 bits per heavy atom. The molecule has 7 heteroatoms. The first-order valence-corrected chi connectivity index (χ1v) is 5.79. The maximum Gasteiger partial charge on any atom is 0.317 e. The molecule has 1 aromatic heterocycles. The third kappa shape index (κ3) is 3.35. The molecule has 0 spiro atoms. The molecule has 2 rings (SSSR count).